The third-order valence-electron chi connectivity index (χ3n) is 4.48. The highest BCUT2D eigenvalue weighted by Crippen LogP contribution is 2.24. The number of hydrogen-bond acceptors (Lipinski definition) is 4. The Balaban J connectivity index is 2.09. The summed E-state index contributed by atoms with van der Waals surface area (Å²) in [7, 11) is 0. The van der Waals surface area contributed by atoms with Gasteiger partial charge >= 0.3 is 5.97 Å². The molecule has 0 atom stereocenters. The number of thiophene rings is 1. The van der Waals surface area contributed by atoms with E-state index in [1.165, 1.54) is 22.3 Å². The summed E-state index contributed by atoms with van der Waals surface area (Å²) >= 11 is 1.20. The number of aromatic nitrogens is 2. The topological polar surface area (TPSA) is 72.2 Å². The first kappa shape index (κ1) is 18.3. The molecule has 26 heavy (non-hydrogen) atoms. The van der Waals surface area contributed by atoms with E-state index in [1.54, 1.807) is 4.57 Å². The highest BCUT2D eigenvalue weighted by atomic mass is 32.1. The van der Waals surface area contributed by atoms with Crippen molar-refractivity contribution in [2.45, 2.75) is 46.1 Å². The molecule has 0 saturated carbocycles. The molecule has 0 saturated heterocycles. The number of hydrogen-bond donors (Lipinski definition) is 1. The molecule has 136 valence electrons. The molecule has 0 aliphatic heterocycles. The van der Waals surface area contributed by atoms with Gasteiger partial charge in [-0.2, -0.15) is 0 Å². The fourth-order valence-corrected chi connectivity index (χ4v) is 3.87. The van der Waals surface area contributed by atoms with Crippen molar-refractivity contribution >= 4 is 27.5 Å². The van der Waals surface area contributed by atoms with Gasteiger partial charge in [0.05, 0.1) is 17.5 Å². The van der Waals surface area contributed by atoms with Gasteiger partial charge in [-0.25, -0.2) is 9.78 Å². The second-order valence-electron chi connectivity index (χ2n) is 7.35. The largest absolute Gasteiger partial charge is 0.478 e. The molecule has 3 rings (SSSR count). The van der Waals surface area contributed by atoms with E-state index in [0.717, 1.165) is 5.56 Å². The van der Waals surface area contributed by atoms with Gasteiger partial charge in [0.1, 0.15) is 10.7 Å². The van der Waals surface area contributed by atoms with Crippen LogP contribution in [0.1, 0.15) is 55.0 Å². The molecular formula is C20H22N2O3S. The van der Waals surface area contributed by atoms with E-state index in [-0.39, 0.29) is 21.9 Å². The number of carboxylic acids is 1. The lowest BCUT2D eigenvalue weighted by Gasteiger charge is -2.19. The van der Waals surface area contributed by atoms with E-state index in [1.807, 2.05) is 19.1 Å². The summed E-state index contributed by atoms with van der Waals surface area (Å²) in [6.07, 6.45) is 0.603. The lowest BCUT2D eigenvalue weighted by atomic mass is 9.87. The van der Waals surface area contributed by atoms with Crippen molar-refractivity contribution in [3.63, 3.8) is 0 Å². The van der Waals surface area contributed by atoms with Crippen LogP contribution in [0.3, 0.4) is 0 Å². The number of benzene rings is 1. The van der Waals surface area contributed by atoms with Gasteiger partial charge in [0.15, 0.2) is 0 Å². The van der Waals surface area contributed by atoms with Crippen molar-refractivity contribution in [1.29, 1.82) is 0 Å². The average Bonchev–Trinajstić information content (AvgIpc) is 3.01. The first-order valence-electron chi connectivity index (χ1n) is 8.56. The number of carbonyl (C=O) groups is 1. The van der Waals surface area contributed by atoms with E-state index in [0.29, 0.717) is 23.6 Å². The van der Waals surface area contributed by atoms with Crippen molar-refractivity contribution in [2.75, 3.05) is 0 Å². The Morgan fingerprint density at radius 2 is 1.88 bits per heavy atom. The minimum absolute atomic E-state index is 0.0296. The van der Waals surface area contributed by atoms with Gasteiger partial charge in [0.2, 0.25) is 0 Å². The molecule has 0 aliphatic rings. The fraction of sp³-hybridized carbons (Fsp3) is 0.350. The quantitative estimate of drug-likeness (QED) is 0.751. The van der Waals surface area contributed by atoms with E-state index >= 15 is 0 Å². The molecule has 3 aromatic rings. The standard InChI is InChI=1S/C20H22N2O3S/c1-5-15-21-17-16(14(11-26-17)19(24)25)18(23)22(15)10-12-6-8-13(9-7-12)20(2,3)4/h6-9,11H,5,10H2,1-4H3,(H,24,25). The van der Waals surface area contributed by atoms with Crippen LogP contribution in [0.15, 0.2) is 34.4 Å². The van der Waals surface area contributed by atoms with E-state index in [4.69, 9.17) is 0 Å². The first-order valence-corrected chi connectivity index (χ1v) is 9.44. The highest BCUT2D eigenvalue weighted by molar-refractivity contribution is 7.17. The zero-order valence-electron chi connectivity index (χ0n) is 15.4. The zero-order chi connectivity index (χ0) is 19.1. The summed E-state index contributed by atoms with van der Waals surface area (Å²) < 4.78 is 1.59. The molecular weight excluding hydrogens is 348 g/mol. The second kappa shape index (κ2) is 6.68. The van der Waals surface area contributed by atoms with Crippen LogP contribution in [-0.2, 0) is 18.4 Å². The van der Waals surface area contributed by atoms with Crippen LogP contribution in [0, 0.1) is 0 Å². The summed E-state index contributed by atoms with van der Waals surface area (Å²) in [6, 6.07) is 8.18. The summed E-state index contributed by atoms with van der Waals surface area (Å²) in [4.78, 5) is 29.4. The summed E-state index contributed by atoms with van der Waals surface area (Å²) in [5, 5.41) is 11.0. The van der Waals surface area contributed by atoms with Gasteiger partial charge in [0, 0.05) is 11.8 Å². The first-order chi connectivity index (χ1) is 12.2. The van der Waals surface area contributed by atoms with Gasteiger partial charge in [-0.1, -0.05) is 52.0 Å². The van der Waals surface area contributed by atoms with Gasteiger partial charge in [-0.15, -0.1) is 11.3 Å². The maximum atomic E-state index is 13.0. The van der Waals surface area contributed by atoms with Crippen molar-refractivity contribution < 1.29 is 9.90 Å². The predicted octanol–water partition coefficient (Wildman–Crippen LogP) is 4.06. The molecule has 0 amide bonds. The number of rotatable bonds is 4. The summed E-state index contributed by atoms with van der Waals surface area (Å²) in [5.41, 5.74) is 2.02. The maximum Gasteiger partial charge on any atom is 0.337 e. The van der Waals surface area contributed by atoms with Crippen LogP contribution >= 0.6 is 11.3 Å². The Labute approximate surface area is 155 Å². The Morgan fingerprint density at radius 3 is 2.42 bits per heavy atom. The van der Waals surface area contributed by atoms with Gasteiger partial charge in [-0.3, -0.25) is 9.36 Å². The van der Waals surface area contributed by atoms with Crippen molar-refractivity contribution in [3.8, 4) is 0 Å². The van der Waals surface area contributed by atoms with Gasteiger partial charge in [0.25, 0.3) is 5.56 Å². The van der Waals surface area contributed by atoms with Gasteiger partial charge in [-0.05, 0) is 16.5 Å². The van der Waals surface area contributed by atoms with Crippen molar-refractivity contribution in [1.82, 2.24) is 9.55 Å². The molecule has 0 unspecified atom stereocenters. The molecule has 0 bridgehead atoms. The van der Waals surface area contributed by atoms with Crippen LogP contribution in [0.5, 0.6) is 0 Å². The van der Waals surface area contributed by atoms with E-state index in [2.05, 4.69) is 37.9 Å². The van der Waals surface area contributed by atoms with Crippen LogP contribution in [0.25, 0.3) is 10.2 Å². The van der Waals surface area contributed by atoms with Crippen molar-refractivity contribution in [3.05, 3.63) is 62.5 Å². The molecule has 0 spiro atoms. The van der Waals surface area contributed by atoms with Crippen LogP contribution in [0.2, 0.25) is 0 Å². The smallest absolute Gasteiger partial charge is 0.337 e. The van der Waals surface area contributed by atoms with Gasteiger partial charge < -0.3 is 5.11 Å². The molecule has 0 aliphatic carbocycles. The average molecular weight is 370 g/mol. The van der Waals surface area contributed by atoms with E-state index < -0.39 is 5.97 Å². The maximum absolute atomic E-state index is 13.0. The normalized spacial score (nSPS) is 11.8. The molecule has 1 N–H and O–H groups in total. The minimum Gasteiger partial charge on any atom is -0.478 e. The Hall–Kier alpha value is -2.47. The third kappa shape index (κ3) is 3.29. The Morgan fingerprint density at radius 1 is 1.23 bits per heavy atom. The molecule has 1 aromatic carbocycles. The SMILES string of the molecule is CCc1nc2scc(C(=O)O)c2c(=O)n1Cc1ccc(C(C)(C)C)cc1. The van der Waals surface area contributed by atoms with Crippen LogP contribution in [-0.4, -0.2) is 20.6 Å². The number of nitrogens with zero attached hydrogens (tertiary/aromatic N) is 2. The number of carboxylic acid groups (broad SMARTS) is 1. The van der Waals surface area contributed by atoms with E-state index in [9.17, 15) is 14.7 Å². The second-order valence-corrected chi connectivity index (χ2v) is 8.21. The molecule has 0 fully saturated rings. The predicted molar refractivity (Wildman–Crippen MR) is 104 cm³/mol. The zero-order valence-corrected chi connectivity index (χ0v) is 16.2. The highest BCUT2D eigenvalue weighted by Gasteiger charge is 2.19. The monoisotopic (exact) mass is 370 g/mol. The summed E-state index contributed by atoms with van der Waals surface area (Å²) in [5.74, 6) is -0.429. The molecule has 6 heteroatoms. The lowest BCUT2D eigenvalue weighted by molar-refractivity contribution is 0.0699. The Kier molecular flexibility index (Phi) is 4.71. The number of aromatic carboxylic acids is 1. The third-order valence-corrected chi connectivity index (χ3v) is 5.35. The molecule has 2 heterocycles. The van der Waals surface area contributed by atoms with Crippen LogP contribution in [0.4, 0.5) is 0 Å². The van der Waals surface area contributed by atoms with Crippen LogP contribution < -0.4 is 5.56 Å². The number of aryl methyl sites for hydroxylation is 1. The molecule has 0 radical (unpaired) electrons. The molecule has 5 nitrogen and oxygen atoms in total. The summed E-state index contributed by atoms with van der Waals surface area (Å²) in [6.45, 7) is 8.79. The van der Waals surface area contributed by atoms with Crippen molar-refractivity contribution in [2.24, 2.45) is 0 Å². The Bertz CT molecular complexity index is 1020. The lowest BCUT2D eigenvalue weighted by Crippen LogP contribution is -2.26. The minimum atomic E-state index is -1.10. The molecule has 2 aromatic heterocycles. The number of fused-ring (bicyclic) bond motifs is 1. The fourth-order valence-electron chi connectivity index (χ4n) is 2.95.